The molecule has 0 aliphatic rings. The van der Waals surface area contributed by atoms with E-state index in [2.05, 4.69) is 0 Å². The van der Waals surface area contributed by atoms with E-state index in [0.717, 1.165) is 5.56 Å². The number of rotatable bonds is 6. The number of Topliss-reactive ketones (excluding diaryl/α,β-unsaturated/α-hetero) is 1. The summed E-state index contributed by atoms with van der Waals surface area (Å²) in [5.74, 6) is -2.63. The summed E-state index contributed by atoms with van der Waals surface area (Å²) >= 11 is 0. The third kappa shape index (κ3) is 5.78. The van der Waals surface area contributed by atoms with Gasteiger partial charge in [0.1, 0.15) is 6.10 Å². The molecule has 0 aliphatic heterocycles. The van der Waals surface area contributed by atoms with Gasteiger partial charge in [0.15, 0.2) is 5.78 Å². The molecule has 0 amide bonds. The van der Waals surface area contributed by atoms with Crippen LogP contribution < -0.4 is 34.7 Å². The van der Waals surface area contributed by atoms with Gasteiger partial charge in [0.05, 0.1) is 0 Å². The van der Waals surface area contributed by atoms with Crippen molar-refractivity contribution in [2.45, 2.75) is 25.9 Å². The number of carboxylic acids is 1. The molecule has 0 saturated heterocycles. The number of benzene rings is 1. The first kappa shape index (κ1) is 17.3. The Morgan fingerprint density at radius 2 is 1.83 bits per heavy atom. The maximum atomic E-state index is 11.3. The van der Waals surface area contributed by atoms with Crippen molar-refractivity contribution in [3.05, 3.63) is 35.9 Å². The summed E-state index contributed by atoms with van der Waals surface area (Å²) in [5.41, 5.74) is 0.833. The quantitative estimate of drug-likeness (QED) is 0.550. The van der Waals surface area contributed by atoms with Crippen molar-refractivity contribution < 1.29 is 49.4 Å². The van der Waals surface area contributed by atoms with Crippen LogP contribution in [0.2, 0.25) is 0 Å². The first-order valence-electron chi connectivity index (χ1n) is 5.46. The van der Waals surface area contributed by atoms with Gasteiger partial charge in [-0.1, -0.05) is 30.3 Å². The fourth-order valence-electron chi connectivity index (χ4n) is 1.55. The van der Waals surface area contributed by atoms with E-state index in [1.54, 1.807) is 24.3 Å². The van der Waals surface area contributed by atoms with Crippen molar-refractivity contribution >= 4 is 11.8 Å². The van der Waals surface area contributed by atoms with E-state index >= 15 is 0 Å². The largest absolute Gasteiger partial charge is 1.00 e. The molecule has 92 valence electrons. The van der Waals surface area contributed by atoms with Crippen LogP contribution in [0.1, 0.15) is 18.9 Å². The van der Waals surface area contributed by atoms with E-state index in [1.165, 1.54) is 6.92 Å². The molecule has 0 saturated carbocycles. The summed E-state index contributed by atoms with van der Waals surface area (Å²) in [5, 5.41) is 20.0. The molecule has 18 heavy (non-hydrogen) atoms. The van der Waals surface area contributed by atoms with Crippen LogP contribution in [0, 0.1) is 5.92 Å². The topological polar surface area (TPSA) is 77.4 Å². The molecule has 0 aliphatic carbocycles. The van der Waals surface area contributed by atoms with E-state index in [0.29, 0.717) is 0 Å². The third-order valence-electron chi connectivity index (χ3n) is 2.57. The second-order valence-corrected chi connectivity index (χ2v) is 4.05. The molecular formula is C13H15NaO4. The Bertz CT molecular complexity index is 389. The Labute approximate surface area is 128 Å². The molecule has 0 radical (unpaired) electrons. The molecule has 0 bridgehead atoms. The second-order valence-electron chi connectivity index (χ2n) is 4.05. The predicted molar refractivity (Wildman–Crippen MR) is 59.9 cm³/mol. The Kier molecular flexibility index (Phi) is 8.11. The molecule has 5 heteroatoms. The summed E-state index contributed by atoms with van der Waals surface area (Å²) in [7, 11) is 0. The van der Waals surface area contributed by atoms with Gasteiger partial charge in [-0.2, -0.15) is 0 Å². The fraction of sp³-hybridized carbons (Fsp3) is 0.385. The Hall–Kier alpha value is -0.680. The van der Waals surface area contributed by atoms with Crippen LogP contribution in [0.4, 0.5) is 0 Å². The van der Waals surface area contributed by atoms with Crippen molar-refractivity contribution in [3.8, 4) is 0 Å². The van der Waals surface area contributed by atoms with E-state index in [4.69, 9.17) is 5.11 Å². The average Bonchev–Trinajstić information content (AvgIpc) is 2.29. The van der Waals surface area contributed by atoms with E-state index in [9.17, 15) is 14.7 Å². The number of aliphatic carboxylic acids is 1. The van der Waals surface area contributed by atoms with Gasteiger partial charge in [-0.05, 0) is 18.9 Å². The van der Waals surface area contributed by atoms with Crippen LogP contribution in [-0.4, -0.2) is 23.0 Å². The number of carbonyl (C=O) groups is 2. The normalized spacial score (nSPS) is 13.2. The van der Waals surface area contributed by atoms with Crippen LogP contribution in [0.5, 0.6) is 0 Å². The summed E-state index contributed by atoms with van der Waals surface area (Å²) in [6.07, 6.45) is -1.09. The summed E-state index contributed by atoms with van der Waals surface area (Å²) in [6.45, 7) is 1.33. The number of hydrogen-bond acceptors (Lipinski definition) is 4. The van der Waals surface area contributed by atoms with E-state index in [1.807, 2.05) is 6.07 Å². The molecule has 1 aromatic carbocycles. The summed E-state index contributed by atoms with van der Waals surface area (Å²) in [6, 6.07) is 9.03. The second kappa shape index (κ2) is 8.43. The van der Waals surface area contributed by atoms with Crippen molar-refractivity contribution in [3.63, 3.8) is 0 Å². The van der Waals surface area contributed by atoms with Gasteiger partial charge < -0.3 is 15.0 Å². The number of aliphatic hydroxyl groups is 1. The minimum absolute atomic E-state index is 0. The first-order valence-corrected chi connectivity index (χ1v) is 5.46. The van der Waals surface area contributed by atoms with Crippen molar-refractivity contribution in [2.75, 3.05) is 0 Å². The van der Waals surface area contributed by atoms with Gasteiger partial charge in [-0.15, -0.1) is 0 Å². The van der Waals surface area contributed by atoms with Gasteiger partial charge in [-0.3, -0.25) is 4.79 Å². The van der Waals surface area contributed by atoms with Gasteiger partial charge in [0.25, 0.3) is 0 Å². The molecule has 0 heterocycles. The first-order chi connectivity index (χ1) is 8.00. The number of carbonyl (C=O) groups excluding carboxylic acids is 2. The summed E-state index contributed by atoms with van der Waals surface area (Å²) in [4.78, 5) is 22.2. The minimum atomic E-state index is -1.26. The average molecular weight is 258 g/mol. The van der Waals surface area contributed by atoms with Gasteiger partial charge in [0.2, 0.25) is 0 Å². The third-order valence-corrected chi connectivity index (χ3v) is 2.57. The minimum Gasteiger partial charge on any atom is -0.550 e. The van der Waals surface area contributed by atoms with Crippen LogP contribution in [0.15, 0.2) is 30.3 Å². The van der Waals surface area contributed by atoms with Crippen LogP contribution >= 0.6 is 0 Å². The Balaban J connectivity index is 0.00000289. The maximum Gasteiger partial charge on any atom is 1.00 e. The SMILES string of the molecule is CC(O)C(=O)CC(Cc1ccccc1)C(=O)[O-].[Na+]. The molecule has 2 atom stereocenters. The molecule has 0 aromatic heterocycles. The van der Waals surface area contributed by atoms with Crippen molar-refractivity contribution in [1.82, 2.24) is 0 Å². The maximum absolute atomic E-state index is 11.3. The summed E-state index contributed by atoms with van der Waals surface area (Å²) < 4.78 is 0. The molecule has 2 unspecified atom stereocenters. The Morgan fingerprint density at radius 3 is 2.28 bits per heavy atom. The Morgan fingerprint density at radius 1 is 1.28 bits per heavy atom. The number of aliphatic hydroxyl groups excluding tert-OH is 1. The number of ketones is 1. The number of hydrogen-bond donors (Lipinski definition) is 1. The standard InChI is InChI=1S/C13H16O4.Na/c1-9(14)12(15)8-11(13(16)17)7-10-5-3-2-4-6-10;/h2-6,9,11,14H,7-8H2,1H3,(H,16,17);/q;+1/p-1. The zero-order valence-electron chi connectivity index (χ0n) is 10.6. The van der Waals surface area contributed by atoms with Crippen LogP contribution in [0.25, 0.3) is 0 Å². The molecule has 0 spiro atoms. The van der Waals surface area contributed by atoms with E-state index in [-0.39, 0.29) is 42.4 Å². The molecule has 1 rings (SSSR count). The van der Waals surface area contributed by atoms with Gasteiger partial charge in [-0.25, -0.2) is 0 Å². The molecule has 0 fully saturated rings. The fourth-order valence-corrected chi connectivity index (χ4v) is 1.55. The zero-order chi connectivity index (χ0) is 12.8. The monoisotopic (exact) mass is 258 g/mol. The van der Waals surface area contributed by atoms with Crippen molar-refractivity contribution in [1.29, 1.82) is 0 Å². The molecular weight excluding hydrogens is 243 g/mol. The predicted octanol–water partition coefficient (Wildman–Crippen LogP) is -3.06. The molecule has 1 N–H and O–H groups in total. The molecule has 1 aromatic rings. The van der Waals surface area contributed by atoms with Gasteiger partial charge >= 0.3 is 29.6 Å². The van der Waals surface area contributed by atoms with Gasteiger partial charge in [0, 0.05) is 18.3 Å². The smallest absolute Gasteiger partial charge is 0.550 e. The zero-order valence-corrected chi connectivity index (χ0v) is 12.6. The van der Waals surface area contributed by atoms with Crippen LogP contribution in [0.3, 0.4) is 0 Å². The number of carboxylic acid groups (broad SMARTS) is 1. The van der Waals surface area contributed by atoms with Crippen molar-refractivity contribution in [2.24, 2.45) is 5.92 Å². The van der Waals surface area contributed by atoms with Crippen LogP contribution in [-0.2, 0) is 16.0 Å². The molecule has 4 nitrogen and oxygen atoms in total. The van der Waals surface area contributed by atoms with E-state index < -0.39 is 23.8 Å².